The lowest BCUT2D eigenvalue weighted by Crippen LogP contribution is -2.20. The van der Waals surface area contributed by atoms with E-state index in [4.69, 9.17) is 10.3 Å². The maximum atomic E-state index is 8.32. The highest BCUT2D eigenvalue weighted by Gasteiger charge is 2.28. The number of hydrogen-bond acceptors (Lipinski definition) is 3. The zero-order valence-corrected chi connectivity index (χ0v) is 6.95. The summed E-state index contributed by atoms with van der Waals surface area (Å²) in [7, 11) is 0. The Labute approximate surface area is 74.7 Å². The van der Waals surface area contributed by atoms with Crippen LogP contribution in [0.25, 0.3) is 10.4 Å². The summed E-state index contributed by atoms with van der Waals surface area (Å²) in [4.78, 5) is 2.78. The molecule has 1 aromatic rings. The molecule has 0 bridgehead atoms. The Morgan fingerprint density at radius 3 is 3.23 bits per heavy atom. The number of nitrogens with zero attached hydrogens (tertiary/aromatic N) is 5. The predicted molar refractivity (Wildman–Crippen MR) is 45.0 cm³/mol. The molecular weight excluding hydrogens is 170 g/mol. The summed E-state index contributed by atoms with van der Waals surface area (Å²) in [5.41, 5.74) is 8.32. The molecule has 1 aliphatic rings. The molecule has 1 aromatic heterocycles. The fraction of sp³-hybridized carbons (Fsp3) is 0.571. The zero-order chi connectivity index (χ0) is 9.10. The van der Waals surface area contributed by atoms with Crippen LogP contribution in [0.15, 0.2) is 23.6 Å². The quantitative estimate of drug-likeness (QED) is 0.387. The molecule has 0 aliphatic carbocycles. The van der Waals surface area contributed by atoms with Gasteiger partial charge in [0.1, 0.15) is 0 Å². The summed E-state index contributed by atoms with van der Waals surface area (Å²) in [6, 6.07) is 1.75. The van der Waals surface area contributed by atoms with Crippen molar-refractivity contribution in [1.82, 2.24) is 9.78 Å². The van der Waals surface area contributed by atoms with Gasteiger partial charge in [-0.1, -0.05) is 5.11 Å². The summed E-state index contributed by atoms with van der Waals surface area (Å²) in [5.74, 6) is 0. The van der Waals surface area contributed by atoms with Gasteiger partial charge in [-0.25, -0.2) is 0 Å². The molecular formula is C7H9N5O. The Balaban J connectivity index is 2.18. The van der Waals surface area contributed by atoms with E-state index < -0.39 is 0 Å². The van der Waals surface area contributed by atoms with E-state index in [2.05, 4.69) is 15.1 Å². The first kappa shape index (κ1) is 8.10. The Kier molecular flexibility index (Phi) is 2.16. The fourth-order valence-corrected chi connectivity index (χ4v) is 1.44. The van der Waals surface area contributed by atoms with Crippen molar-refractivity contribution in [1.29, 1.82) is 0 Å². The summed E-state index contributed by atoms with van der Waals surface area (Å²) >= 11 is 0. The monoisotopic (exact) mass is 179 g/mol. The maximum absolute atomic E-state index is 8.32. The van der Waals surface area contributed by atoms with Crippen LogP contribution in [0.5, 0.6) is 0 Å². The lowest BCUT2D eigenvalue weighted by molar-refractivity contribution is 0.183. The third kappa shape index (κ3) is 1.49. The van der Waals surface area contributed by atoms with Crippen LogP contribution in [-0.4, -0.2) is 29.0 Å². The van der Waals surface area contributed by atoms with Crippen molar-refractivity contribution in [2.24, 2.45) is 5.11 Å². The van der Waals surface area contributed by atoms with Crippen LogP contribution < -0.4 is 0 Å². The van der Waals surface area contributed by atoms with Crippen molar-refractivity contribution in [2.45, 2.75) is 12.1 Å². The second kappa shape index (κ2) is 3.47. The SMILES string of the molecule is [N-]=[N+]=NC1COCC1n1cccn1. The highest BCUT2D eigenvalue weighted by atomic mass is 16.5. The van der Waals surface area contributed by atoms with Gasteiger partial charge in [0.25, 0.3) is 0 Å². The summed E-state index contributed by atoms with van der Waals surface area (Å²) < 4.78 is 6.99. The van der Waals surface area contributed by atoms with E-state index in [9.17, 15) is 0 Å². The first-order chi connectivity index (χ1) is 6.42. The van der Waals surface area contributed by atoms with Gasteiger partial charge in [-0.3, -0.25) is 4.68 Å². The molecule has 0 aromatic carbocycles. The molecule has 2 rings (SSSR count). The smallest absolute Gasteiger partial charge is 0.0859 e. The van der Waals surface area contributed by atoms with Crippen molar-refractivity contribution in [2.75, 3.05) is 13.2 Å². The van der Waals surface area contributed by atoms with E-state index in [1.165, 1.54) is 0 Å². The Bertz CT molecular complexity index is 316. The van der Waals surface area contributed by atoms with E-state index in [-0.39, 0.29) is 12.1 Å². The minimum absolute atomic E-state index is 0.0471. The van der Waals surface area contributed by atoms with Crippen LogP contribution in [0.2, 0.25) is 0 Å². The molecule has 1 saturated heterocycles. The van der Waals surface area contributed by atoms with Gasteiger partial charge in [0.15, 0.2) is 0 Å². The van der Waals surface area contributed by atoms with Crippen molar-refractivity contribution in [3.63, 3.8) is 0 Å². The largest absolute Gasteiger partial charge is 0.379 e. The average molecular weight is 179 g/mol. The van der Waals surface area contributed by atoms with E-state index in [0.717, 1.165) is 0 Å². The summed E-state index contributed by atoms with van der Waals surface area (Å²) in [6.07, 6.45) is 3.55. The van der Waals surface area contributed by atoms with Crippen molar-refractivity contribution >= 4 is 0 Å². The molecule has 0 N–H and O–H groups in total. The van der Waals surface area contributed by atoms with Gasteiger partial charge in [-0.2, -0.15) is 5.10 Å². The first-order valence-electron chi connectivity index (χ1n) is 4.03. The molecule has 1 fully saturated rings. The Hall–Kier alpha value is -1.52. The van der Waals surface area contributed by atoms with Gasteiger partial charge in [-0.05, 0) is 11.6 Å². The number of rotatable bonds is 2. The second-order valence-electron chi connectivity index (χ2n) is 2.86. The number of aromatic nitrogens is 2. The van der Waals surface area contributed by atoms with Gasteiger partial charge in [0.05, 0.1) is 25.3 Å². The number of hydrogen-bond donors (Lipinski definition) is 0. The average Bonchev–Trinajstić information content (AvgIpc) is 2.71. The number of ether oxygens (including phenoxy) is 1. The molecule has 2 atom stereocenters. The van der Waals surface area contributed by atoms with Crippen LogP contribution in [0.1, 0.15) is 6.04 Å². The summed E-state index contributed by atoms with van der Waals surface area (Å²) in [5, 5.41) is 7.74. The fourth-order valence-electron chi connectivity index (χ4n) is 1.44. The lowest BCUT2D eigenvalue weighted by Gasteiger charge is -2.12. The van der Waals surface area contributed by atoms with Crippen molar-refractivity contribution in [3.05, 3.63) is 28.9 Å². The molecule has 0 spiro atoms. The first-order valence-corrected chi connectivity index (χ1v) is 4.03. The van der Waals surface area contributed by atoms with Crippen molar-refractivity contribution in [3.8, 4) is 0 Å². The molecule has 6 heteroatoms. The van der Waals surface area contributed by atoms with Crippen molar-refractivity contribution < 1.29 is 4.74 Å². The standard InChI is InChI=1S/C7H9N5O/c8-11-10-6-4-13-5-7(6)12-3-1-2-9-12/h1-3,6-7H,4-5H2. The number of azide groups is 1. The predicted octanol–water partition coefficient (Wildman–Crippen LogP) is 1.13. The molecule has 0 saturated carbocycles. The molecule has 6 nitrogen and oxygen atoms in total. The van der Waals surface area contributed by atoms with Gasteiger partial charge in [-0.15, -0.1) is 0 Å². The second-order valence-corrected chi connectivity index (χ2v) is 2.86. The molecule has 1 aliphatic heterocycles. The van der Waals surface area contributed by atoms with Crippen LogP contribution in [-0.2, 0) is 4.74 Å². The highest BCUT2D eigenvalue weighted by Crippen LogP contribution is 2.21. The zero-order valence-electron chi connectivity index (χ0n) is 6.95. The van der Waals surface area contributed by atoms with Crippen LogP contribution in [0.4, 0.5) is 0 Å². The molecule has 0 radical (unpaired) electrons. The van der Waals surface area contributed by atoms with Crippen LogP contribution >= 0.6 is 0 Å². The minimum Gasteiger partial charge on any atom is -0.379 e. The van der Waals surface area contributed by atoms with Crippen LogP contribution in [0, 0.1) is 0 Å². The van der Waals surface area contributed by atoms with Gasteiger partial charge >= 0.3 is 0 Å². The van der Waals surface area contributed by atoms with E-state index >= 15 is 0 Å². The van der Waals surface area contributed by atoms with Crippen LogP contribution in [0.3, 0.4) is 0 Å². The Morgan fingerprint density at radius 2 is 2.54 bits per heavy atom. The van der Waals surface area contributed by atoms with E-state index in [1.54, 1.807) is 10.9 Å². The lowest BCUT2D eigenvalue weighted by atomic mass is 10.2. The maximum Gasteiger partial charge on any atom is 0.0859 e. The topological polar surface area (TPSA) is 75.8 Å². The van der Waals surface area contributed by atoms with Gasteiger partial charge in [0, 0.05) is 17.3 Å². The molecule has 68 valence electrons. The van der Waals surface area contributed by atoms with Gasteiger partial charge in [0.2, 0.25) is 0 Å². The molecule has 13 heavy (non-hydrogen) atoms. The van der Waals surface area contributed by atoms with Gasteiger partial charge < -0.3 is 4.74 Å². The minimum atomic E-state index is -0.134. The third-order valence-corrected chi connectivity index (χ3v) is 2.09. The third-order valence-electron chi connectivity index (χ3n) is 2.09. The summed E-state index contributed by atoms with van der Waals surface area (Å²) in [6.45, 7) is 1.04. The van der Waals surface area contributed by atoms with E-state index in [1.807, 2.05) is 12.3 Å². The molecule has 2 unspecified atom stereocenters. The molecule has 2 heterocycles. The molecule has 0 amide bonds. The van der Waals surface area contributed by atoms with E-state index in [0.29, 0.717) is 13.2 Å². The normalized spacial score (nSPS) is 27.1. The Morgan fingerprint density at radius 1 is 1.62 bits per heavy atom. The highest BCUT2D eigenvalue weighted by molar-refractivity contribution is 4.90.